The van der Waals surface area contributed by atoms with E-state index in [4.69, 9.17) is 0 Å². The molecule has 0 aliphatic heterocycles. The van der Waals surface area contributed by atoms with Crippen LogP contribution in [0.15, 0.2) is 24.3 Å². The van der Waals surface area contributed by atoms with E-state index in [1.54, 1.807) is 24.3 Å². The van der Waals surface area contributed by atoms with Gasteiger partial charge < -0.3 is 70.2 Å². The van der Waals surface area contributed by atoms with Crippen molar-refractivity contribution in [2.45, 2.75) is 42.3 Å². The summed E-state index contributed by atoms with van der Waals surface area (Å²) in [7, 11) is -23.4. The fraction of sp³-hybridized carbons (Fsp3) is 0.500. The molecule has 1 radical (unpaired) electrons. The molecule has 13 N–H and O–H groups in total. The second-order valence-electron chi connectivity index (χ2n) is 10.3. The third-order valence-corrected chi connectivity index (χ3v) is 14.2. The van der Waals surface area contributed by atoms with Crippen LogP contribution in [-0.4, -0.2) is 114 Å². The van der Waals surface area contributed by atoms with Gasteiger partial charge in [0, 0.05) is 44.5 Å². The molecule has 0 spiro atoms. The summed E-state index contributed by atoms with van der Waals surface area (Å²) in [5.74, 6) is -3.77. The topological polar surface area (TPSA) is 378 Å². The van der Waals surface area contributed by atoms with Crippen LogP contribution >= 0.6 is 30.4 Å². The Bertz CT molecular complexity index is 1400. The van der Waals surface area contributed by atoms with Crippen molar-refractivity contribution in [2.75, 3.05) is 31.5 Å². The van der Waals surface area contributed by atoms with E-state index in [2.05, 4.69) is 12.2 Å². The molecule has 0 saturated heterocycles. The van der Waals surface area contributed by atoms with E-state index < -0.39 is 110 Å². The lowest BCUT2D eigenvalue weighted by Gasteiger charge is -2.29. The SMILES string of the molecule is [CH2]c1ccc(NC(=O)CCCC(=O)N(CC(=O)NCCC(O)(P(=O)(O)O)P(=O)(O)O)CC(=O)NCCC(O)(P(=O)(O)O)P(=O)(O)O)cc1. The first kappa shape index (κ1) is 43.6. The van der Waals surface area contributed by atoms with Crippen molar-refractivity contribution >= 4 is 59.7 Å². The molecule has 0 heterocycles. The highest BCUT2D eigenvalue weighted by Crippen LogP contribution is 2.69. The van der Waals surface area contributed by atoms with Crippen LogP contribution in [0.1, 0.15) is 37.7 Å². The van der Waals surface area contributed by atoms with E-state index in [1.165, 1.54) is 0 Å². The molecule has 273 valence electrons. The Morgan fingerprint density at radius 3 is 1.38 bits per heavy atom. The summed E-state index contributed by atoms with van der Waals surface area (Å²) in [5.41, 5.74) is 1.12. The normalized spacial score (nSPS) is 13.1. The molecule has 1 aromatic carbocycles. The maximum Gasteiger partial charge on any atom is 0.369 e. The van der Waals surface area contributed by atoms with Crippen molar-refractivity contribution in [1.82, 2.24) is 15.5 Å². The predicted octanol–water partition coefficient (Wildman–Crippen LogP) is -2.18. The summed E-state index contributed by atoms with van der Waals surface area (Å²) in [6.45, 7) is -0.174. The molecule has 0 saturated carbocycles. The van der Waals surface area contributed by atoms with Crippen LogP contribution in [0.25, 0.3) is 0 Å². The van der Waals surface area contributed by atoms with Gasteiger partial charge in [0.05, 0.1) is 0 Å². The average Bonchev–Trinajstić information content (AvgIpc) is 2.91. The number of carbonyl (C=O) groups excluding carboxylic acids is 4. The first-order valence-electron chi connectivity index (χ1n) is 13.3. The third kappa shape index (κ3) is 12.5. The maximum absolute atomic E-state index is 12.9. The lowest BCUT2D eigenvalue weighted by Crippen LogP contribution is -2.47. The van der Waals surface area contributed by atoms with Gasteiger partial charge in [0.1, 0.15) is 13.1 Å². The van der Waals surface area contributed by atoms with Crippen molar-refractivity contribution in [3.63, 3.8) is 0 Å². The quantitative estimate of drug-likeness (QED) is 0.0665. The average molecular weight is 769 g/mol. The molecule has 0 bridgehead atoms. The lowest BCUT2D eigenvalue weighted by molar-refractivity contribution is -0.139. The zero-order chi connectivity index (χ0) is 37.4. The van der Waals surface area contributed by atoms with Gasteiger partial charge in [0.15, 0.2) is 0 Å². The highest BCUT2D eigenvalue weighted by Gasteiger charge is 2.59. The minimum Gasteiger partial charge on any atom is -0.367 e. The zero-order valence-corrected chi connectivity index (χ0v) is 28.4. The number of rotatable bonds is 19. The fourth-order valence-corrected chi connectivity index (χ4v) is 8.05. The van der Waals surface area contributed by atoms with Crippen LogP contribution < -0.4 is 16.0 Å². The van der Waals surface area contributed by atoms with Crippen LogP contribution in [0.4, 0.5) is 5.69 Å². The first-order valence-corrected chi connectivity index (χ1v) is 19.8. The van der Waals surface area contributed by atoms with Crippen molar-refractivity contribution in [1.29, 1.82) is 0 Å². The van der Waals surface area contributed by atoms with Gasteiger partial charge in [0.25, 0.3) is 10.2 Å². The highest BCUT2D eigenvalue weighted by molar-refractivity contribution is 7.72. The summed E-state index contributed by atoms with van der Waals surface area (Å²) in [4.78, 5) is 124. The summed E-state index contributed by atoms with van der Waals surface area (Å²) in [5, 5.41) is 18.6. The van der Waals surface area contributed by atoms with E-state index in [9.17, 15) is 86.8 Å². The highest BCUT2D eigenvalue weighted by atomic mass is 31.2. The summed E-state index contributed by atoms with van der Waals surface area (Å²) < 4.78 is 46.0. The number of nitrogens with zero attached hydrogens (tertiary/aromatic N) is 1. The predicted molar refractivity (Wildman–Crippen MR) is 163 cm³/mol. The molecule has 0 fully saturated rings. The molecule has 48 heavy (non-hydrogen) atoms. The molecule has 26 heteroatoms. The molecular weight excluding hydrogens is 732 g/mol. The van der Waals surface area contributed by atoms with Crippen molar-refractivity contribution in [2.24, 2.45) is 0 Å². The van der Waals surface area contributed by atoms with E-state index in [0.29, 0.717) is 16.2 Å². The number of carbonyl (C=O) groups is 4. The molecular formula is C22H37N4O18P4. The number of benzene rings is 1. The second kappa shape index (κ2) is 17.0. The number of amides is 4. The minimum atomic E-state index is -5.85. The Balaban J connectivity index is 2.97. The Morgan fingerprint density at radius 1 is 0.646 bits per heavy atom. The monoisotopic (exact) mass is 769 g/mol. The summed E-state index contributed by atoms with van der Waals surface area (Å²) in [6.07, 6.45) is -3.48. The summed E-state index contributed by atoms with van der Waals surface area (Å²) >= 11 is 0. The Hall–Kier alpha value is -2.38. The molecule has 1 aromatic rings. The maximum atomic E-state index is 12.9. The van der Waals surface area contributed by atoms with Crippen molar-refractivity contribution in [3.05, 3.63) is 36.8 Å². The van der Waals surface area contributed by atoms with Gasteiger partial charge >= 0.3 is 30.4 Å². The molecule has 0 atom stereocenters. The molecule has 0 aliphatic rings. The standard InChI is InChI=1S/C22H37N4O18P4/c1-15-5-7-16(8-6-15)25-17(27)3-2-4-20(30)26(13-18(28)23-11-9-21(31,45(33,34)35)46(36,37)38)14-19(29)24-12-10-22(32,47(39,40)41)48(42,43)44/h5-8,31-32H,1-4,9-14H2,(H,23,28)(H,24,29)(H,25,27)(H2,33,34,35)(H2,36,37,38)(H2,39,40,41)(H2,42,43,44). The summed E-state index contributed by atoms with van der Waals surface area (Å²) in [6, 6.07) is 6.41. The Labute approximate surface area is 272 Å². The van der Waals surface area contributed by atoms with Gasteiger partial charge in [-0.15, -0.1) is 0 Å². The van der Waals surface area contributed by atoms with Crippen LogP contribution in [0.5, 0.6) is 0 Å². The third-order valence-electron chi connectivity index (χ3n) is 6.48. The van der Waals surface area contributed by atoms with Crippen LogP contribution in [0.2, 0.25) is 0 Å². The molecule has 1 rings (SSSR count). The number of aliphatic hydroxyl groups is 2. The number of hydrogen-bond donors (Lipinski definition) is 13. The van der Waals surface area contributed by atoms with E-state index >= 15 is 0 Å². The fourth-order valence-electron chi connectivity index (χ4n) is 3.72. The largest absolute Gasteiger partial charge is 0.369 e. The van der Waals surface area contributed by atoms with E-state index in [-0.39, 0.29) is 12.8 Å². The second-order valence-corrected chi connectivity index (χ2v) is 18.3. The smallest absolute Gasteiger partial charge is 0.367 e. The van der Waals surface area contributed by atoms with Crippen LogP contribution in [0.3, 0.4) is 0 Å². The number of hydrogen-bond acceptors (Lipinski definition) is 10. The van der Waals surface area contributed by atoms with E-state index in [0.717, 1.165) is 0 Å². The number of anilines is 1. The van der Waals surface area contributed by atoms with Gasteiger partial charge in [0.2, 0.25) is 23.6 Å². The van der Waals surface area contributed by atoms with E-state index in [1.807, 2.05) is 10.6 Å². The number of nitrogens with one attached hydrogen (secondary N) is 3. The van der Waals surface area contributed by atoms with Gasteiger partial charge in [-0.2, -0.15) is 0 Å². The Morgan fingerprint density at radius 2 is 1.02 bits per heavy atom. The van der Waals surface area contributed by atoms with Crippen LogP contribution in [-0.2, 0) is 37.4 Å². The zero-order valence-electron chi connectivity index (χ0n) is 24.9. The first-order chi connectivity index (χ1) is 21.6. The molecule has 22 nitrogen and oxygen atoms in total. The molecule has 0 unspecified atom stereocenters. The molecule has 0 aliphatic carbocycles. The van der Waals surface area contributed by atoms with Gasteiger partial charge in [-0.25, -0.2) is 0 Å². The Kier molecular flexibility index (Phi) is 15.5. The van der Waals surface area contributed by atoms with Gasteiger partial charge in [-0.05, 0) is 31.0 Å². The van der Waals surface area contributed by atoms with Gasteiger partial charge in [-0.3, -0.25) is 37.4 Å². The lowest BCUT2D eigenvalue weighted by atomic mass is 10.2. The van der Waals surface area contributed by atoms with Crippen molar-refractivity contribution in [3.8, 4) is 0 Å². The van der Waals surface area contributed by atoms with Crippen molar-refractivity contribution < 1.29 is 86.8 Å². The molecule has 0 aromatic heterocycles. The minimum absolute atomic E-state index is 0.118. The molecule has 4 amide bonds. The van der Waals surface area contributed by atoms with Gasteiger partial charge in [-0.1, -0.05) is 12.1 Å². The van der Waals surface area contributed by atoms with Crippen LogP contribution in [0, 0.1) is 6.92 Å².